The van der Waals surface area contributed by atoms with E-state index in [0.29, 0.717) is 23.6 Å². The number of aromatic nitrogens is 2. The Hall–Kier alpha value is -3.96. The smallest absolute Gasteiger partial charge is 0.325 e. The topological polar surface area (TPSA) is 169 Å². The van der Waals surface area contributed by atoms with Crippen molar-refractivity contribution in [2.75, 3.05) is 13.2 Å². The molecule has 0 saturated heterocycles. The van der Waals surface area contributed by atoms with Crippen LogP contribution in [0.5, 0.6) is 11.5 Å². The van der Waals surface area contributed by atoms with Crippen molar-refractivity contribution in [1.29, 1.82) is 0 Å². The minimum atomic E-state index is -0.616. The Kier molecular flexibility index (Phi) is 8.06. The zero-order valence-electron chi connectivity index (χ0n) is 17.3. The van der Waals surface area contributed by atoms with Gasteiger partial charge in [0.2, 0.25) is 11.7 Å². The number of rotatable bonds is 10. The molecule has 0 aliphatic carbocycles. The molecule has 0 fully saturated rings. The summed E-state index contributed by atoms with van der Waals surface area (Å²) in [5, 5.41) is 15.1. The van der Waals surface area contributed by atoms with Crippen LogP contribution in [0.1, 0.15) is 37.1 Å². The maximum Gasteiger partial charge on any atom is 0.325 e. The Balaban J connectivity index is 2.13. The molecule has 12 heteroatoms. The Morgan fingerprint density at radius 2 is 1.87 bits per heavy atom. The first-order valence-corrected chi connectivity index (χ1v) is 9.48. The average molecular weight is 433 g/mol. The lowest BCUT2D eigenvalue weighted by Gasteiger charge is -2.10. The highest BCUT2D eigenvalue weighted by atomic mass is 16.6. The molecular formula is C19H23N5O7. The van der Waals surface area contributed by atoms with E-state index in [1.54, 1.807) is 20.8 Å². The van der Waals surface area contributed by atoms with Gasteiger partial charge >= 0.3 is 11.4 Å². The van der Waals surface area contributed by atoms with Gasteiger partial charge in [-0.3, -0.25) is 24.7 Å². The van der Waals surface area contributed by atoms with Crippen molar-refractivity contribution in [2.45, 2.75) is 33.6 Å². The maximum absolute atomic E-state index is 12.1. The fourth-order valence-corrected chi connectivity index (χ4v) is 2.76. The fraction of sp³-hybridized carbons (Fsp3) is 0.368. The minimum Gasteiger partial charge on any atom is -0.493 e. The quantitative estimate of drug-likeness (QED) is 0.287. The van der Waals surface area contributed by atoms with Crippen LogP contribution in [0.2, 0.25) is 0 Å². The van der Waals surface area contributed by atoms with Crippen molar-refractivity contribution in [1.82, 2.24) is 15.4 Å². The van der Waals surface area contributed by atoms with Crippen molar-refractivity contribution in [3.63, 3.8) is 0 Å². The summed E-state index contributed by atoms with van der Waals surface area (Å²) < 4.78 is 10.8. The number of amides is 1. The van der Waals surface area contributed by atoms with Crippen LogP contribution in [0.4, 0.5) is 5.69 Å². The van der Waals surface area contributed by atoms with Gasteiger partial charge in [0.15, 0.2) is 0 Å². The largest absolute Gasteiger partial charge is 0.493 e. The molecule has 0 radical (unpaired) electrons. The first kappa shape index (κ1) is 23.3. The van der Waals surface area contributed by atoms with Crippen molar-refractivity contribution in [3.8, 4) is 11.5 Å². The number of hydrogen-bond acceptors (Lipinski definition) is 8. The van der Waals surface area contributed by atoms with E-state index in [9.17, 15) is 24.5 Å². The fourth-order valence-electron chi connectivity index (χ4n) is 2.76. The molecule has 0 atom stereocenters. The molecule has 1 aromatic carbocycles. The van der Waals surface area contributed by atoms with E-state index in [1.807, 2.05) is 0 Å². The molecule has 0 saturated carbocycles. The van der Waals surface area contributed by atoms with Crippen LogP contribution in [-0.2, 0) is 11.2 Å². The molecule has 1 amide bonds. The number of aromatic amines is 2. The molecule has 1 heterocycles. The summed E-state index contributed by atoms with van der Waals surface area (Å²) in [4.78, 5) is 50.4. The molecule has 31 heavy (non-hydrogen) atoms. The Morgan fingerprint density at radius 3 is 2.48 bits per heavy atom. The predicted molar refractivity (Wildman–Crippen MR) is 112 cm³/mol. The summed E-state index contributed by atoms with van der Waals surface area (Å²) >= 11 is 0. The van der Waals surface area contributed by atoms with Gasteiger partial charge in [0.1, 0.15) is 5.75 Å². The monoisotopic (exact) mass is 433 g/mol. The van der Waals surface area contributed by atoms with Gasteiger partial charge in [-0.15, -0.1) is 0 Å². The van der Waals surface area contributed by atoms with Crippen molar-refractivity contribution in [2.24, 2.45) is 5.10 Å². The summed E-state index contributed by atoms with van der Waals surface area (Å²) in [6, 6.07) is 2.65. The number of H-pyrrole nitrogens is 2. The second-order valence-electron chi connectivity index (χ2n) is 6.29. The first-order valence-electron chi connectivity index (χ1n) is 9.48. The van der Waals surface area contributed by atoms with Crippen molar-refractivity contribution >= 4 is 17.8 Å². The Labute approximate surface area is 176 Å². The van der Waals surface area contributed by atoms with Gasteiger partial charge in [0, 0.05) is 35.4 Å². The lowest BCUT2D eigenvalue weighted by Crippen LogP contribution is -2.28. The average Bonchev–Trinajstić information content (AvgIpc) is 2.68. The molecule has 166 valence electrons. The number of ether oxygens (including phenoxy) is 2. The molecule has 0 unspecified atom stereocenters. The lowest BCUT2D eigenvalue weighted by molar-refractivity contribution is -0.385. The van der Waals surface area contributed by atoms with Gasteiger partial charge < -0.3 is 14.5 Å². The zero-order valence-corrected chi connectivity index (χ0v) is 17.3. The van der Waals surface area contributed by atoms with E-state index < -0.39 is 22.1 Å². The Morgan fingerprint density at radius 1 is 1.19 bits per heavy atom. The molecule has 0 bridgehead atoms. The number of benzene rings is 1. The molecule has 0 spiro atoms. The molecule has 0 aliphatic heterocycles. The number of nitrogens with zero attached hydrogens (tertiary/aromatic N) is 2. The number of aryl methyl sites for hydroxylation is 1. The SMILES string of the molecule is CCOc1cc(OCC)c([N+](=O)[O-])cc1/C=N/NC(=O)CCc1c(C)[nH]c(=O)[nH]c1=O. The number of carbonyl (C=O) groups excluding carboxylic acids is 1. The Bertz CT molecular complexity index is 1100. The summed E-state index contributed by atoms with van der Waals surface area (Å²) in [5.41, 5.74) is 1.83. The zero-order chi connectivity index (χ0) is 23.0. The highest BCUT2D eigenvalue weighted by Gasteiger charge is 2.19. The van der Waals surface area contributed by atoms with Gasteiger partial charge in [-0.1, -0.05) is 0 Å². The standard InChI is InChI=1S/C19H23N5O7/c1-4-30-15-9-16(31-5-2)14(24(28)29)8-12(15)10-20-23-17(25)7-6-13-11(3)21-19(27)22-18(13)26/h8-10H,4-7H2,1-3H3,(H,23,25)(H2,21,22,26,27)/b20-10+. The maximum atomic E-state index is 12.1. The number of nitro benzene ring substituents is 1. The first-order chi connectivity index (χ1) is 14.8. The van der Waals surface area contributed by atoms with Gasteiger partial charge in [-0.25, -0.2) is 10.2 Å². The molecule has 0 aliphatic rings. The third kappa shape index (κ3) is 6.26. The third-order valence-corrected chi connectivity index (χ3v) is 4.14. The van der Waals surface area contributed by atoms with E-state index >= 15 is 0 Å². The summed E-state index contributed by atoms with van der Waals surface area (Å²) in [5.74, 6) is -0.108. The molecule has 1 aromatic heterocycles. The number of nitrogens with one attached hydrogen (secondary N) is 3. The third-order valence-electron chi connectivity index (χ3n) is 4.14. The molecule has 3 N–H and O–H groups in total. The summed E-state index contributed by atoms with van der Waals surface area (Å²) in [6.07, 6.45) is 1.26. The number of hydrazone groups is 1. The normalized spacial score (nSPS) is 10.8. The van der Waals surface area contributed by atoms with Crippen LogP contribution < -0.4 is 26.1 Å². The second kappa shape index (κ2) is 10.7. The number of carbonyl (C=O) groups is 1. The summed E-state index contributed by atoms with van der Waals surface area (Å²) in [7, 11) is 0. The number of hydrogen-bond donors (Lipinski definition) is 3. The predicted octanol–water partition coefficient (Wildman–Crippen LogP) is 1.16. The van der Waals surface area contributed by atoms with Gasteiger partial charge in [0.05, 0.1) is 24.4 Å². The van der Waals surface area contributed by atoms with Crippen LogP contribution in [-0.4, -0.2) is 40.2 Å². The van der Waals surface area contributed by atoms with E-state index in [4.69, 9.17) is 9.47 Å². The highest BCUT2D eigenvalue weighted by molar-refractivity contribution is 5.87. The minimum absolute atomic E-state index is 0.0605. The van der Waals surface area contributed by atoms with Gasteiger partial charge in [-0.05, 0) is 27.2 Å². The number of nitro groups is 1. The van der Waals surface area contributed by atoms with E-state index in [-0.39, 0.29) is 36.4 Å². The van der Waals surface area contributed by atoms with Crippen LogP contribution in [0, 0.1) is 17.0 Å². The van der Waals surface area contributed by atoms with Crippen molar-refractivity contribution < 1.29 is 19.2 Å². The second-order valence-corrected chi connectivity index (χ2v) is 6.29. The van der Waals surface area contributed by atoms with Crippen LogP contribution in [0.15, 0.2) is 26.8 Å². The van der Waals surface area contributed by atoms with E-state index in [0.717, 1.165) is 0 Å². The van der Waals surface area contributed by atoms with E-state index in [2.05, 4.69) is 20.5 Å². The molecular weight excluding hydrogens is 410 g/mol. The summed E-state index contributed by atoms with van der Waals surface area (Å²) in [6.45, 7) is 5.58. The molecule has 12 nitrogen and oxygen atoms in total. The van der Waals surface area contributed by atoms with Crippen molar-refractivity contribution in [3.05, 3.63) is 59.9 Å². The molecule has 2 aromatic rings. The van der Waals surface area contributed by atoms with Crippen LogP contribution >= 0.6 is 0 Å². The van der Waals surface area contributed by atoms with E-state index in [1.165, 1.54) is 18.3 Å². The van der Waals surface area contributed by atoms with Gasteiger partial charge in [0.25, 0.3) is 5.56 Å². The van der Waals surface area contributed by atoms with Gasteiger partial charge in [-0.2, -0.15) is 5.10 Å². The molecule has 2 rings (SSSR count). The lowest BCUT2D eigenvalue weighted by atomic mass is 10.1. The highest BCUT2D eigenvalue weighted by Crippen LogP contribution is 2.34. The van der Waals surface area contributed by atoms with Crippen LogP contribution in [0.3, 0.4) is 0 Å². The van der Waals surface area contributed by atoms with Crippen LogP contribution in [0.25, 0.3) is 0 Å².